The van der Waals surface area contributed by atoms with Gasteiger partial charge in [-0.3, -0.25) is 10.1 Å². The maximum Gasteiger partial charge on any atom is 0.318 e. The van der Waals surface area contributed by atoms with E-state index < -0.39 is 38.8 Å². The molecule has 8 nitrogen and oxygen atoms in total. The zero-order valence-electron chi connectivity index (χ0n) is 10.3. The molecule has 0 aromatic heterocycles. The predicted molar refractivity (Wildman–Crippen MR) is 65.6 cm³/mol. The van der Waals surface area contributed by atoms with Gasteiger partial charge in [-0.15, -0.1) is 0 Å². The van der Waals surface area contributed by atoms with Gasteiger partial charge >= 0.3 is 6.03 Å². The van der Waals surface area contributed by atoms with Crippen molar-refractivity contribution in [2.45, 2.75) is 17.9 Å². The van der Waals surface area contributed by atoms with Crippen molar-refractivity contribution in [3.63, 3.8) is 0 Å². The molecule has 110 valence electrons. The molecule has 1 unspecified atom stereocenters. The number of amides is 3. The lowest BCUT2D eigenvalue weighted by atomic mass is 10.3. The number of halogens is 1. The second kappa shape index (κ2) is 5.84. The summed E-state index contributed by atoms with van der Waals surface area (Å²) in [4.78, 5) is 21.3. The van der Waals surface area contributed by atoms with E-state index in [0.717, 1.165) is 12.1 Å². The monoisotopic (exact) mass is 305 g/mol. The van der Waals surface area contributed by atoms with Crippen LogP contribution in [0.2, 0.25) is 0 Å². The van der Waals surface area contributed by atoms with Crippen molar-refractivity contribution in [1.29, 1.82) is 0 Å². The van der Waals surface area contributed by atoms with Crippen molar-refractivity contribution in [2.24, 2.45) is 10.9 Å². The Bertz CT molecular complexity index is 646. The molecule has 0 saturated carbocycles. The van der Waals surface area contributed by atoms with Gasteiger partial charge in [0.2, 0.25) is 10.0 Å². The number of ether oxygens (including phenoxy) is 1. The number of hydrogen-bond acceptors (Lipinski definition) is 5. The molecule has 5 N–H and O–H groups in total. The van der Waals surface area contributed by atoms with Gasteiger partial charge in [0.1, 0.15) is 16.5 Å². The normalized spacial score (nSPS) is 12.6. The molecular formula is C10H12FN3O5S. The highest BCUT2D eigenvalue weighted by Crippen LogP contribution is 2.24. The number of nitrogens with one attached hydrogen (secondary N) is 1. The minimum absolute atomic E-state index is 0.318. The summed E-state index contributed by atoms with van der Waals surface area (Å²) >= 11 is 0. The van der Waals surface area contributed by atoms with E-state index in [0.29, 0.717) is 6.07 Å². The molecule has 3 amide bonds. The van der Waals surface area contributed by atoms with Crippen LogP contribution in [0.25, 0.3) is 0 Å². The highest BCUT2D eigenvalue weighted by Gasteiger charge is 2.21. The Morgan fingerprint density at radius 3 is 2.50 bits per heavy atom. The summed E-state index contributed by atoms with van der Waals surface area (Å²) < 4.78 is 40.7. The van der Waals surface area contributed by atoms with Crippen LogP contribution in [0.4, 0.5) is 9.18 Å². The van der Waals surface area contributed by atoms with Gasteiger partial charge in [0.25, 0.3) is 5.91 Å². The zero-order chi connectivity index (χ0) is 15.5. The topological polar surface area (TPSA) is 142 Å². The molecule has 0 aliphatic carbocycles. The lowest BCUT2D eigenvalue weighted by Gasteiger charge is -2.15. The number of carbonyl (C=O) groups is 2. The Morgan fingerprint density at radius 1 is 1.40 bits per heavy atom. The fraction of sp³-hybridized carbons (Fsp3) is 0.200. The third-order valence-electron chi connectivity index (χ3n) is 2.13. The minimum Gasteiger partial charge on any atom is -0.479 e. The van der Waals surface area contributed by atoms with Gasteiger partial charge in [-0.2, -0.15) is 0 Å². The fourth-order valence-electron chi connectivity index (χ4n) is 1.27. The maximum atomic E-state index is 13.0. The standard InChI is InChI=1S/C10H12FN3O5S/c1-5(9(15)14-10(12)16)19-7-3-2-6(11)4-8(7)20(13,17)18/h2-5H,1H3,(H2,13,17,18)(H3,12,14,15,16). The van der Waals surface area contributed by atoms with Crippen LogP contribution in [0.15, 0.2) is 23.1 Å². The van der Waals surface area contributed by atoms with E-state index in [9.17, 15) is 22.4 Å². The Kier molecular flexibility index (Phi) is 4.63. The number of imide groups is 1. The molecule has 0 radical (unpaired) electrons. The fourth-order valence-corrected chi connectivity index (χ4v) is 1.94. The summed E-state index contributed by atoms with van der Waals surface area (Å²) in [5.74, 6) is -2.04. The van der Waals surface area contributed by atoms with Crippen molar-refractivity contribution >= 4 is 22.0 Å². The average Bonchev–Trinajstić information content (AvgIpc) is 2.29. The summed E-state index contributed by atoms with van der Waals surface area (Å²) in [6.45, 7) is 1.24. The third kappa shape index (κ3) is 4.17. The summed E-state index contributed by atoms with van der Waals surface area (Å²) in [5, 5.41) is 6.66. The summed E-state index contributed by atoms with van der Waals surface area (Å²) in [5.41, 5.74) is 4.75. The summed E-state index contributed by atoms with van der Waals surface area (Å²) in [7, 11) is -4.24. The molecule has 0 bridgehead atoms. The number of rotatable bonds is 4. The van der Waals surface area contributed by atoms with Crippen LogP contribution in [0, 0.1) is 5.82 Å². The van der Waals surface area contributed by atoms with Crippen molar-refractivity contribution in [1.82, 2.24) is 5.32 Å². The number of hydrogen-bond donors (Lipinski definition) is 3. The number of carbonyl (C=O) groups excluding carboxylic acids is 2. The van der Waals surface area contributed by atoms with Crippen LogP contribution in [0.3, 0.4) is 0 Å². The van der Waals surface area contributed by atoms with Gasteiger partial charge < -0.3 is 10.5 Å². The molecule has 20 heavy (non-hydrogen) atoms. The molecule has 0 aliphatic heterocycles. The lowest BCUT2D eigenvalue weighted by Crippen LogP contribution is -2.42. The number of nitrogens with two attached hydrogens (primary N) is 2. The van der Waals surface area contributed by atoms with E-state index >= 15 is 0 Å². The van der Waals surface area contributed by atoms with E-state index in [2.05, 4.69) is 0 Å². The van der Waals surface area contributed by atoms with Gasteiger partial charge in [0.05, 0.1) is 0 Å². The molecule has 0 saturated heterocycles. The van der Waals surface area contributed by atoms with E-state index in [1.165, 1.54) is 6.92 Å². The quantitative estimate of drug-likeness (QED) is 0.683. The Morgan fingerprint density at radius 2 is 2.00 bits per heavy atom. The van der Waals surface area contributed by atoms with Crippen LogP contribution in [0.5, 0.6) is 5.75 Å². The Hall–Kier alpha value is -2.20. The van der Waals surface area contributed by atoms with Gasteiger partial charge in [-0.05, 0) is 25.1 Å². The van der Waals surface area contributed by atoms with Crippen molar-refractivity contribution < 1.29 is 27.1 Å². The number of primary amides is 1. The number of primary sulfonamides is 1. The van der Waals surface area contributed by atoms with Crippen LogP contribution in [-0.4, -0.2) is 26.5 Å². The number of sulfonamides is 1. The average molecular weight is 305 g/mol. The number of benzene rings is 1. The summed E-state index contributed by atoms with van der Waals surface area (Å²) in [6.07, 6.45) is -1.24. The van der Waals surface area contributed by atoms with Gasteiger partial charge in [0.15, 0.2) is 6.10 Å². The molecule has 1 aromatic carbocycles. The van der Waals surface area contributed by atoms with Crippen molar-refractivity contribution in [3.8, 4) is 5.75 Å². The second-order valence-electron chi connectivity index (χ2n) is 3.75. The van der Waals surface area contributed by atoms with Crippen molar-refractivity contribution in [3.05, 3.63) is 24.0 Å². The molecule has 1 rings (SSSR count). The van der Waals surface area contributed by atoms with Crippen LogP contribution in [0.1, 0.15) is 6.92 Å². The van der Waals surface area contributed by atoms with Crippen LogP contribution >= 0.6 is 0 Å². The van der Waals surface area contributed by atoms with Gasteiger partial charge in [-0.25, -0.2) is 22.7 Å². The molecular weight excluding hydrogens is 293 g/mol. The SMILES string of the molecule is CC(Oc1ccc(F)cc1S(N)(=O)=O)C(=O)NC(N)=O. The van der Waals surface area contributed by atoms with E-state index in [1.807, 2.05) is 0 Å². The molecule has 10 heteroatoms. The molecule has 0 aliphatic rings. The van der Waals surface area contributed by atoms with Gasteiger partial charge in [0, 0.05) is 0 Å². The smallest absolute Gasteiger partial charge is 0.318 e. The first-order valence-corrected chi connectivity index (χ1v) is 6.75. The lowest BCUT2D eigenvalue weighted by molar-refractivity contribution is -0.126. The van der Waals surface area contributed by atoms with E-state index in [-0.39, 0.29) is 5.75 Å². The van der Waals surface area contributed by atoms with E-state index in [1.54, 1.807) is 5.32 Å². The first-order chi connectivity index (χ1) is 9.11. The van der Waals surface area contributed by atoms with Crippen LogP contribution < -0.4 is 20.9 Å². The Labute approximate surface area is 113 Å². The van der Waals surface area contributed by atoms with E-state index in [4.69, 9.17) is 15.6 Å². The van der Waals surface area contributed by atoms with Crippen LogP contribution in [-0.2, 0) is 14.8 Å². The highest BCUT2D eigenvalue weighted by atomic mass is 32.2. The Balaban J connectivity index is 3.04. The van der Waals surface area contributed by atoms with Crippen molar-refractivity contribution in [2.75, 3.05) is 0 Å². The third-order valence-corrected chi connectivity index (χ3v) is 3.06. The zero-order valence-corrected chi connectivity index (χ0v) is 11.1. The van der Waals surface area contributed by atoms with Gasteiger partial charge in [-0.1, -0.05) is 0 Å². The first-order valence-electron chi connectivity index (χ1n) is 5.20. The predicted octanol–water partition coefficient (Wildman–Crippen LogP) is -0.565. The first kappa shape index (κ1) is 15.9. The molecule has 0 heterocycles. The second-order valence-corrected chi connectivity index (χ2v) is 5.28. The molecule has 1 aromatic rings. The number of urea groups is 1. The largest absolute Gasteiger partial charge is 0.479 e. The maximum absolute atomic E-state index is 13.0. The molecule has 0 spiro atoms. The molecule has 1 atom stereocenters. The molecule has 0 fully saturated rings. The summed E-state index contributed by atoms with van der Waals surface area (Å²) in [6, 6.07) is 1.51. The minimum atomic E-state index is -4.24. The highest BCUT2D eigenvalue weighted by molar-refractivity contribution is 7.89.